The fourth-order valence-corrected chi connectivity index (χ4v) is 0.769. The molecule has 0 rings (SSSR count). The van der Waals surface area contributed by atoms with Gasteiger partial charge in [0.2, 0.25) is 0 Å². The highest BCUT2D eigenvalue weighted by Crippen LogP contribution is 1.98. The molecule has 1 radical (unpaired) electrons. The van der Waals surface area contributed by atoms with Crippen molar-refractivity contribution in [3.63, 3.8) is 0 Å². The Bertz CT molecular complexity index is 204. The second kappa shape index (κ2) is 8.22. The summed E-state index contributed by atoms with van der Waals surface area (Å²) in [5.74, 6) is 12.7. The van der Waals surface area contributed by atoms with Crippen LogP contribution in [0.15, 0.2) is 0 Å². The molecule has 0 bridgehead atoms. The van der Waals surface area contributed by atoms with Gasteiger partial charge in [-0.05, 0) is 19.8 Å². The van der Waals surface area contributed by atoms with Crippen LogP contribution in [-0.4, -0.2) is 0 Å². The van der Waals surface area contributed by atoms with Gasteiger partial charge in [-0.15, -0.1) is 17.8 Å². The molecule has 0 aromatic heterocycles. The molecular weight excluding hydrogens is 144 g/mol. The lowest BCUT2D eigenvalue weighted by atomic mass is 10.1. The van der Waals surface area contributed by atoms with Crippen LogP contribution >= 0.6 is 0 Å². The van der Waals surface area contributed by atoms with Crippen LogP contribution < -0.4 is 0 Å². The van der Waals surface area contributed by atoms with E-state index >= 15 is 0 Å². The Balaban J connectivity index is 3.54. The number of hydrogen-bond donors (Lipinski definition) is 0. The smallest absolute Gasteiger partial charge is 0.0283 e. The highest BCUT2D eigenvalue weighted by atomic mass is 13.9. The van der Waals surface area contributed by atoms with E-state index in [1.807, 2.05) is 6.92 Å². The van der Waals surface area contributed by atoms with Gasteiger partial charge in [-0.2, -0.15) is 0 Å². The van der Waals surface area contributed by atoms with E-state index in [2.05, 4.69) is 44.0 Å². The largest absolute Gasteiger partial charge is 0.107 e. The molecule has 0 aromatic rings. The Morgan fingerprint density at radius 3 is 2.67 bits per heavy atom. The first kappa shape index (κ1) is 11.1. The summed E-state index contributed by atoms with van der Waals surface area (Å²) in [5, 5.41) is 0. The zero-order chi connectivity index (χ0) is 9.23. The first-order chi connectivity index (χ1) is 5.81. The fourth-order valence-electron chi connectivity index (χ4n) is 0.769. The average molecular weight is 161 g/mol. The second-order valence-corrected chi connectivity index (χ2v) is 2.80. The van der Waals surface area contributed by atoms with E-state index in [1.165, 1.54) is 0 Å². The summed E-state index contributed by atoms with van der Waals surface area (Å²) in [6.07, 6.45) is 5.13. The Kier molecular flexibility index (Phi) is 7.62. The molecule has 0 saturated heterocycles. The molecule has 0 heteroatoms. The van der Waals surface area contributed by atoms with Crippen LogP contribution in [0.25, 0.3) is 0 Å². The summed E-state index contributed by atoms with van der Waals surface area (Å²) in [7, 11) is 0. The van der Waals surface area contributed by atoms with Crippen LogP contribution in [0.3, 0.4) is 0 Å². The van der Waals surface area contributed by atoms with Gasteiger partial charge >= 0.3 is 0 Å². The monoisotopic (exact) mass is 161 g/mol. The minimum atomic E-state index is 0.425. The van der Waals surface area contributed by atoms with Crippen LogP contribution in [0.1, 0.15) is 40.0 Å². The van der Waals surface area contributed by atoms with Crippen LogP contribution in [0, 0.1) is 36.0 Å². The van der Waals surface area contributed by atoms with E-state index in [0.29, 0.717) is 5.92 Å². The van der Waals surface area contributed by atoms with E-state index < -0.39 is 0 Å². The lowest BCUT2D eigenvalue weighted by Gasteiger charge is -1.94. The Morgan fingerprint density at radius 1 is 1.33 bits per heavy atom. The minimum absolute atomic E-state index is 0.425. The first-order valence-electron chi connectivity index (χ1n) is 4.47. The summed E-state index contributed by atoms with van der Waals surface area (Å²) in [6, 6.07) is 0. The molecule has 0 aliphatic carbocycles. The van der Waals surface area contributed by atoms with Gasteiger partial charge in [0, 0.05) is 18.8 Å². The quantitative estimate of drug-likeness (QED) is 0.441. The predicted molar refractivity (Wildman–Crippen MR) is 54.2 cm³/mol. The molecule has 0 heterocycles. The Hall–Kier alpha value is -0.880. The van der Waals surface area contributed by atoms with Gasteiger partial charge < -0.3 is 0 Å². The third-order valence-corrected chi connectivity index (χ3v) is 1.49. The molecule has 12 heavy (non-hydrogen) atoms. The summed E-state index contributed by atoms with van der Waals surface area (Å²) in [5.41, 5.74) is 0. The molecule has 1 atom stereocenters. The van der Waals surface area contributed by atoms with Gasteiger partial charge in [-0.25, -0.2) is 0 Å². The van der Waals surface area contributed by atoms with Crippen molar-refractivity contribution < 1.29 is 0 Å². The maximum atomic E-state index is 3.18. The number of rotatable bonds is 3. The zero-order valence-corrected chi connectivity index (χ0v) is 8.28. The van der Waals surface area contributed by atoms with Crippen LogP contribution in [0.4, 0.5) is 0 Å². The van der Waals surface area contributed by atoms with Gasteiger partial charge in [-0.3, -0.25) is 0 Å². The molecule has 0 aliphatic heterocycles. The lowest BCUT2D eigenvalue weighted by Crippen LogP contribution is -1.86. The van der Waals surface area contributed by atoms with Crippen molar-refractivity contribution >= 4 is 0 Å². The number of hydrogen-bond acceptors (Lipinski definition) is 0. The SMILES string of the molecule is CC#CCC(C)C#CCC[CH]C. The molecule has 0 N–H and O–H groups in total. The zero-order valence-electron chi connectivity index (χ0n) is 8.28. The molecule has 0 saturated carbocycles. The third kappa shape index (κ3) is 7.23. The van der Waals surface area contributed by atoms with Crippen LogP contribution in [0.5, 0.6) is 0 Å². The molecule has 0 nitrogen and oxygen atoms in total. The van der Waals surface area contributed by atoms with Crippen molar-refractivity contribution in [1.82, 2.24) is 0 Å². The van der Waals surface area contributed by atoms with E-state index in [1.54, 1.807) is 0 Å². The van der Waals surface area contributed by atoms with Crippen molar-refractivity contribution in [2.75, 3.05) is 0 Å². The lowest BCUT2D eigenvalue weighted by molar-refractivity contribution is 0.786. The number of unbranched alkanes of at least 4 members (excludes halogenated alkanes) is 2. The van der Waals surface area contributed by atoms with Gasteiger partial charge in [0.1, 0.15) is 0 Å². The maximum absolute atomic E-state index is 3.18. The molecule has 0 spiro atoms. The standard InChI is InChI=1S/C12H17/c1-4-6-8-9-11-12(3)10-7-5-2/h4,12H,6,8,10H2,1-3H3. The van der Waals surface area contributed by atoms with E-state index in [0.717, 1.165) is 19.3 Å². The summed E-state index contributed by atoms with van der Waals surface area (Å²) in [4.78, 5) is 0. The first-order valence-corrected chi connectivity index (χ1v) is 4.47. The fraction of sp³-hybridized carbons (Fsp3) is 0.583. The van der Waals surface area contributed by atoms with E-state index in [9.17, 15) is 0 Å². The van der Waals surface area contributed by atoms with Crippen molar-refractivity contribution in [3.8, 4) is 23.7 Å². The van der Waals surface area contributed by atoms with Crippen LogP contribution in [0.2, 0.25) is 0 Å². The second-order valence-electron chi connectivity index (χ2n) is 2.80. The predicted octanol–water partition coefficient (Wildman–Crippen LogP) is 3.04. The molecule has 1 unspecified atom stereocenters. The summed E-state index contributed by atoms with van der Waals surface area (Å²) in [6.45, 7) is 6.05. The van der Waals surface area contributed by atoms with E-state index in [-0.39, 0.29) is 0 Å². The van der Waals surface area contributed by atoms with Crippen LogP contribution in [-0.2, 0) is 0 Å². The normalized spacial score (nSPS) is 10.6. The topological polar surface area (TPSA) is 0 Å². The highest BCUT2D eigenvalue weighted by Gasteiger charge is 1.90. The van der Waals surface area contributed by atoms with Crippen molar-refractivity contribution in [2.45, 2.75) is 40.0 Å². The average Bonchev–Trinajstić information content (AvgIpc) is 2.09. The van der Waals surface area contributed by atoms with Gasteiger partial charge in [0.15, 0.2) is 0 Å². The van der Waals surface area contributed by atoms with Gasteiger partial charge in [0.25, 0.3) is 0 Å². The Morgan fingerprint density at radius 2 is 2.08 bits per heavy atom. The molecule has 0 aromatic carbocycles. The molecular formula is C12H17. The van der Waals surface area contributed by atoms with Crippen molar-refractivity contribution in [2.24, 2.45) is 5.92 Å². The molecule has 65 valence electrons. The van der Waals surface area contributed by atoms with Gasteiger partial charge in [0.05, 0.1) is 0 Å². The van der Waals surface area contributed by atoms with Crippen molar-refractivity contribution in [1.29, 1.82) is 0 Å². The highest BCUT2D eigenvalue weighted by molar-refractivity contribution is 5.07. The molecule has 0 aliphatic rings. The third-order valence-electron chi connectivity index (χ3n) is 1.49. The van der Waals surface area contributed by atoms with E-state index in [4.69, 9.17) is 0 Å². The minimum Gasteiger partial charge on any atom is -0.107 e. The molecule has 0 fully saturated rings. The van der Waals surface area contributed by atoms with Gasteiger partial charge in [-0.1, -0.05) is 19.8 Å². The maximum Gasteiger partial charge on any atom is 0.0283 e. The van der Waals surface area contributed by atoms with Crippen molar-refractivity contribution in [3.05, 3.63) is 6.42 Å². The molecule has 0 amide bonds. The Labute approximate surface area is 76.8 Å². The summed E-state index contributed by atoms with van der Waals surface area (Å²) < 4.78 is 0. The summed E-state index contributed by atoms with van der Waals surface area (Å²) >= 11 is 0.